The van der Waals surface area contributed by atoms with Crippen LogP contribution >= 0.6 is 0 Å². The number of Topliss-reactive ketones (excluding diaryl/α,β-unsaturated/α-hetero) is 1. The molecule has 0 amide bonds. The van der Waals surface area contributed by atoms with E-state index in [0.29, 0.717) is 13.0 Å². The highest BCUT2D eigenvalue weighted by molar-refractivity contribution is 5.89. The van der Waals surface area contributed by atoms with Crippen molar-refractivity contribution in [2.45, 2.75) is 38.6 Å². The van der Waals surface area contributed by atoms with Crippen LogP contribution in [0.5, 0.6) is 0 Å². The fourth-order valence-corrected chi connectivity index (χ4v) is 1.79. The van der Waals surface area contributed by atoms with Gasteiger partial charge in [0.05, 0.1) is 6.61 Å². The Kier molecular flexibility index (Phi) is 4.07. The van der Waals surface area contributed by atoms with E-state index in [9.17, 15) is 9.59 Å². The number of hydrogen-bond donors (Lipinski definition) is 1. The average Bonchev–Trinajstić information content (AvgIpc) is 2.18. The minimum Gasteiger partial charge on any atom is -0.465 e. The molecule has 1 saturated carbocycles. The Morgan fingerprint density at radius 2 is 2.36 bits per heavy atom. The molecule has 4 heteroatoms. The van der Waals surface area contributed by atoms with E-state index in [1.165, 1.54) is 0 Å². The van der Waals surface area contributed by atoms with E-state index in [1.807, 2.05) is 0 Å². The lowest BCUT2D eigenvalue weighted by atomic mass is 9.83. The van der Waals surface area contributed by atoms with Crippen molar-refractivity contribution in [2.24, 2.45) is 11.7 Å². The molecule has 2 atom stereocenters. The lowest BCUT2D eigenvalue weighted by Crippen LogP contribution is -2.44. The molecule has 0 spiro atoms. The smallest absolute Gasteiger partial charge is 0.323 e. The average molecular weight is 199 g/mol. The first-order valence-corrected chi connectivity index (χ1v) is 5.11. The maximum atomic E-state index is 11.5. The quantitative estimate of drug-likeness (QED) is 0.677. The molecular formula is C10H17NO3. The van der Waals surface area contributed by atoms with Crippen molar-refractivity contribution in [1.29, 1.82) is 0 Å². The minimum atomic E-state index is -0.761. The van der Waals surface area contributed by atoms with E-state index in [-0.39, 0.29) is 11.7 Å². The van der Waals surface area contributed by atoms with Crippen molar-refractivity contribution in [1.82, 2.24) is 0 Å². The fourth-order valence-electron chi connectivity index (χ4n) is 1.79. The van der Waals surface area contributed by atoms with Crippen LogP contribution in [0.2, 0.25) is 0 Å². The predicted octanol–water partition coefficient (Wildman–Crippen LogP) is 0.636. The molecule has 0 bridgehead atoms. The van der Waals surface area contributed by atoms with E-state index >= 15 is 0 Å². The number of rotatable bonds is 3. The van der Waals surface area contributed by atoms with Gasteiger partial charge in [0.1, 0.15) is 11.8 Å². The molecule has 14 heavy (non-hydrogen) atoms. The lowest BCUT2D eigenvalue weighted by molar-refractivity contribution is -0.148. The Labute approximate surface area is 83.8 Å². The van der Waals surface area contributed by atoms with Crippen LogP contribution in [0.1, 0.15) is 32.6 Å². The molecule has 4 nitrogen and oxygen atoms in total. The second-order valence-electron chi connectivity index (χ2n) is 3.60. The highest BCUT2D eigenvalue weighted by Crippen LogP contribution is 2.23. The van der Waals surface area contributed by atoms with Crippen LogP contribution in [-0.4, -0.2) is 24.4 Å². The first-order valence-electron chi connectivity index (χ1n) is 5.11. The van der Waals surface area contributed by atoms with Gasteiger partial charge in [0.2, 0.25) is 0 Å². The highest BCUT2D eigenvalue weighted by Gasteiger charge is 2.32. The second kappa shape index (κ2) is 5.10. The van der Waals surface area contributed by atoms with E-state index in [0.717, 1.165) is 19.3 Å². The van der Waals surface area contributed by atoms with Crippen molar-refractivity contribution in [3.8, 4) is 0 Å². The summed E-state index contributed by atoms with van der Waals surface area (Å²) in [6.07, 6.45) is 3.17. The van der Waals surface area contributed by atoms with Crippen LogP contribution in [0, 0.1) is 5.92 Å². The number of esters is 1. The molecule has 80 valence electrons. The Bertz CT molecular complexity index is 227. The molecule has 0 aromatic rings. The molecule has 0 heterocycles. The van der Waals surface area contributed by atoms with Gasteiger partial charge >= 0.3 is 5.97 Å². The van der Waals surface area contributed by atoms with Gasteiger partial charge in [-0.05, 0) is 19.8 Å². The van der Waals surface area contributed by atoms with Crippen LogP contribution in [0.25, 0.3) is 0 Å². The van der Waals surface area contributed by atoms with Gasteiger partial charge in [0.25, 0.3) is 0 Å². The lowest BCUT2D eigenvalue weighted by Gasteiger charge is -2.24. The molecule has 1 aliphatic rings. The van der Waals surface area contributed by atoms with Crippen LogP contribution in [0.4, 0.5) is 0 Å². The Morgan fingerprint density at radius 3 is 2.93 bits per heavy atom. The summed E-state index contributed by atoms with van der Waals surface area (Å²) in [5, 5.41) is 0. The molecule has 1 fully saturated rings. The van der Waals surface area contributed by atoms with Crippen LogP contribution in [0.15, 0.2) is 0 Å². The van der Waals surface area contributed by atoms with Crippen molar-refractivity contribution in [3.63, 3.8) is 0 Å². The van der Waals surface area contributed by atoms with Gasteiger partial charge in [-0.25, -0.2) is 0 Å². The molecule has 2 N–H and O–H groups in total. The number of ketones is 1. The van der Waals surface area contributed by atoms with Crippen molar-refractivity contribution >= 4 is 11.8 Å². The molecular weight excluding hydrogens is 182 g/mol. The third-order valence-electron chi connectivity index (χ3n) is 2.59. The van der Waals surface area contributed by atoms with Crippen molar-refractivity contribution in [3.05, 3.63) is 0 Å². The maximum absolute atomic E-state index is 11.5. The minimum absolute atomic E-state index is 0.108. The van der Waals surface area contributed by atoms with Gasteiger partial charge in [0.15, 0.2) is 0 Å². The zero-order valence-electron chi connectivity index (χ0n) is 8.49. The van der Waals surface area contributed by atoms with E-state index in [4.69, 9.17) is 10.5 Å². The normalized spacial score (nSPS) is 24.4. The summed E-state index contributed by atoms with van der Waals surface area (Å²) < 4.78 is 4.79. The summed E-state index contributed by atoms with van der Waals surface area (Å²) >= 11 is 0. The van der Waals surface area contributed by atoms with E-state index in [1.54, 1.807) is 6.92 Å². The van der Waals surface area contributed by atoms with Crippen LogP contribution in [-0.2, 0) is 14.3 Å². The summed E-state index contributed by atoms with van der Waals surface area (Å²) in [6, 6.07) is -0.761. The zero-order valence-corrected chi connectivity index (χ0v) is 8.49. The van der Waals surface area contributed by atoms with Gasteiger partial charge in [0, 0.05) is 12.3 Å². The fraction of sp³-hybridized carbons (Fsp3) is 0.800. The molecule has 1 unspecified atom stereocenters. The largest absolute Gasteiger partial charge is 0.465 e. The van der Waals surface area contributed by atoms with Gasteiger partial charge in [-0.2, -0.15) is 0 Å². The Balaban J connectivity index is 2.53. The van der Waals surface area contributed by atoms with Crippen LogP contribution < -0.4 is 5.73 Å². The van der Waals surface area contributed by atoms with Gasteiger partial charge in [-0.3, -0.25) is 9.59 Å². The summed E-state index contributed by atoms with van der Waals surface area (Å²) in [5.74, 6) is -0.660. The zero-order chi connectivity index (χ0) is 10.6. The first kappa shape index (κ1) is 11.2. The summed E-state index contributed by atoms with van der Waals surface area (Å²) in [4.78, 5) is 22.7. The highest BCUT2D eigenvalue weighted by atomic mass is 16.5. The SMILES string of the molecule is CCOC(=O)[C@@H](N)C1CCCCC1=O. The van der Waals surface area contributed by atoms with Crippen LogP contribution in [0.3, 0.4) is 0 Å². The summed E-state index contributed by atoms with van der Waals surface area (Å²) in [6.45, 7) is 2.04. The molecule has 0 radical (unpaired) electrons. The summed E-state index contributed by atoms with van der Waals surface area (Å²) in [7, 11) is 0. The Morgan fingerprint density at radius 1 is 1.64 bits per heavy atom. The van der Waals surface area contributed by atoms with E-state index in [2.05, 4.69) is 0 Å². The number of nitrogens with two attached hydrogens (primary N) is 1. The van der Waals surface area contributed by atoms with Crippen molar-refractivity contribution in [2.75, 3.05) is 6.61 Å². The number of carbonyl (C=O) groups is 2. The molecule has 1 rings (SSSR count). The van der Waals surface area contributed by atoms with Gasteiger partial charge < -0.3 is 10.5 Å². The summed E-state index contributed by atoms with van der Waals surface area (Å²) in [5.41, 5.74) is 5.67. The Hall–Kier alpha value is -0.900. The van der Waals surface area contributed by atoms with E-state index < -0.39 is 12.0 Å². The van der Waals surface area contributed by atoms with Gasteiger partial charge in [-0.1, -0.05) is 6.42 Å². The second-order valence-corrected chi connectivity index (χ2v) is 3.60. The standard InChI is InChI=1S/C10H17NO3/c1-2-14-10(13)9(11)7-5-3-4-6-8(7)12/h7,9H,2-6,11H2,1H3/t7?,9-/m0/s1. The third kappa shape index (κ3) is 2.54. The topological polar surface area (TPSA) is 69.4 Å². The molecule has 1 aliphatic carbocycles. The molecule has 0 aromatic heterocycles. The van der Waals surface area contributed by atoms with Gasteiger partial charge in [-0.15, -0.1) is 0 Å². The molecule has 0 aromatic carbocycles. The number of ether oxygens (including phenoxy) is 1. The van der Waals surface area contributed by atoms with Crippen molar-refractivity contribution < 1.29 is 14.3 Å². The number of hydrogen-bond acceptors (Lipinski definition) is 4. The number of carbonyl (C=O) groups excluding carboxylic acids is 2. The third-order valence-corrected chi connectivity index (χ3v) is 2.59. The monoisotopic (exact) mass is 199 g/mol. The predicted molar refractivity (Wildman–Crippen MR) is 51.6 cm³/mol. The molecule has 0 saturated heterocycles. The maximum Gasteiger partial charge on any atom is 0.323 e. The molecule has 0 aliphatic heterocycles. The first-order chi connectivity index (χ1) is 6.66.